The molecule has 0 saturated carbocycles. The number of anilines is 1. The van der Waals surface area contributed by atoms with Crippen molar-refractivity contribution in [3.8, 4) is 0 Å². The van der Waals surface area contributed by atoms with E-state index in [0.29, 0.717) is 11.0 Å². The number of hydrogen-bond donors (Lipinski definition) is 1. The number of nitrogens with zero attached hydrogens (tertiary/aromatic N) is 3. The molecule has 0 unspecified atom stereocenters. The van der Waals surface area contributed by atoms with E-state index in [1.807, 2.05) is 19.3 Å². The summed E-state index contributed by atoms with van der Waals surface area (Å²) in [6.07, 6.45) is 3.54. The molecular weight excluding hydrogens is 300 g/mol. The van der Waals surface area contributed by atoms with E-state index < -0.39 is 4.92 Å². The molecule has 0 spiro atoms. The number of rotatable bonds is 4. The minimum absolute atomic E-state index is 0.0763. The summed E-state index contributed by atoms with van der Waals surface area (Å²) in [5.74, 6) is 0. The van der Waals surface area contributed by atoms with Crippen LogP contribution in [-0.2, 0) is 13.6 Å². The summed E-state index contributed by atoms with van der Waals surface area (Å²) in [7, 11) is 1.83. The molecule has 1 aromatic carbocycles. The van der Waals surface area contributed by atoms with Gasteiger partial charge in [-0.15, -0.1) is 0 Å². The maximum absolute atomic E-state index is 10.7. The smallest absolute Gasteiger partial charge is 0.270 e. The Morgan fingerprint density at radius 3 is 2.89 bits per heavy atom. The second kappa shape index (κ2) is 5.18. The number of hydrogen-bond acceptors (Lipinski definition) is 4. The maximum Gasteiger partial charge on any atom is 0.270 e. The second-order valence-electron chi connectivity index (χ2n) is 3.83. The van der Waals surface area contributed by atoms with E-state index in [2.05, 4.69) is 26.3 Å². The topological polar surface area (TPSA) is 73.0 Å². The predicted octanol–water partition coefficient (Wildman–Crippen LogP) is 2.70. The Balaban J connectivity index is 2.11. The summed E-state index contributed by atoms with van der Waals surface area (Å²) in [5.41, 5.74) is 1.78. The highest BCUT2D eigenvalue weighted by Gasteiger charge is 2.08. The number of aryl methyl sites for hydroxylation is 1. The summed E-state index contributed by atoms with van der Waals surface area (Å²) >= 11 is 3.26. The Morgan fingerprint density at radius 1 is 1.50 bits per heavy atom. The van der Waals surface area contributed by atoms with Crippen molar-refractivity contribution in [3.63, 3.8) is 0 Å². The molecule has 7 heteroatoms. The minimum atomic E-state index is -0.404. The number of halogens is 1. The highest BCUT2D eigenvalue weighted by molar-refractivity contribution is 9.10. The fourth-order valence-electron chi connectivity index (χ4n) is 1.56. The molecule has 1 heterocycles. The highest BCUT2D eigenvalue weighted by Crippen LogP contribution is 2.22. The summed E-state index contributed by atoms with van der Waals surface area (Å²) in [5, 5.41) is 17.9. The summed E-state index contributed by atoms with van der Waals surface area (Å²) in [4.78, 5) is 10.3. The molecule has 0 fully saturated rings. The standard InChI is InChI=1S/C11H11BrN4O2/c1-15-7-10(6-14-15)13-5-8-2-9(12)4-11(3-8)16(17)18/h2-4,6-7,13H,5H2,1H3. The van der Waals surface area contributed by atoms with Crippen LogP contribution in [0.2, 0.25) is 0 Å². The number of nitrogens with one attached hydrogen (secondary N) is 1. The lowest BCUT2D eigenvalue weighted by atomic mass is 10.2. The van der Waals surface area contributed by atoms with Crippen molar-refractivity contribution < 1.29 is 4.92 Å². The van der Waals surface area contributed by atoms with Gasteiger partial charge in [0.05, 0.1) is 16.8 Å². The molecule has 0 aliphatic heterocycles. The molecule has 94 valence electrons. The van der Waals surface area contributed by atoms with Crippen LogP contribution in [0.25, 0.3) is 0 Å². The third-order valence-electron chi connectivity index (χ3n) is 2.35. The normalized spacial score (nSPS) is 10.3. The Morgan fingerprint density at radius 2 is 2.28 bits per heavy atom. The Bertz CT molecular complexity index is 582. The fourth-order valence-corrected chi connectivity index (χ4v) is 2.09. The van der Waals surface area contributed by atoms with Crippen molar-refractivity contribution in [1.82, 2.24) is 9.78 Å². The van der Waals surface area contributed by atoms with Gasteiger partial charge >= 0.3 is 0 Å². The number of nitro groups is 1. The Hall–Kier alpha value is -1.89. The molecule has 0 atom stereocenters. The molecule has 18 heavy (non-hydrogen) atoms. The second-order valence-corrected chi connectivity index (χ2v) is 4.75. The number of aromatic nitrogens is 2. The molecule has 0 amide bonds. The van der Waals surface area contributed by atoms with E-state index in [4.69, 9.17) is 0 Å². The number of nitro benzene ring substituents is 1. The van der Waals surface area contributed by atoms with Crippen LogP contribution in [0.3, 0.4) is 0 Å². The molecule has 6 nitrogen and oxygen atoms in total. The van der Waals surface area contributed by atoms with Gasteiger partial charge in [0.25, 0.3) is 5.69 Å². The van der Waals surface area contributed by atoms with Gasteiger partial charge in [-0.3, -0.25) is 14.8 Å². The van der Waals surface area contributed by atoms with E-state index in [1.54, 1.807) is 16.9 Å². The first-order chi connectivity index (χ1) is 8.54. The third kappa shape index (κ3) is 3.07. The lowest BCUT2D eigenvalue weighted by Gasteiger charge is -2.04. The lowest BCUT2D eigenvalue weighted by molar-refractivity contribution is -0.385. The molecule has 0 aliphatic carbocycles. The van der Waals surface area contributed by atoms with Crippen LogP contribution in [-0.4, -0.2) is 14.7 Å². The number of non-ortho nitro benzene ring substituents is 1. The highest BCUT2D eigenvalue weighted by atomic mass is 79.9. The van der Waals surface area contributed by atoms with Crippen LogP contribution < -0.4 is 5.32 Å². The van der Waals surface area contributed by atoms with Crippen LogP contribution in [0.5, 0.6) is 0 Å². The SMILES string of the molecule is Cn1cc(NCc2cc(Br)cc([N+](=O)[O-])c2)cn1. The molecule has 0 radical (unpaired) electrons. The zero-order valence-corrected chi connectivity index (χ0v) is 11.2. The fraction of sp³-hybridized carbons (Fsp3) is 0.182. The largest absolute Gasteiger partial charge is 0.378 e. The van der Waals surface area contributed by atoms with E-state index in [0.717, 1.165) is 11.3 Å². The van der Waals surface area contributed by atoms with Crippen LogP contribution in [0.4, 0.5) is 11.4 Å². The number of benzene rings is 1. The van der Waals surface area contributed by atoms with Crippen molar-refractivity contribution in [2.45, 2.75) is 6.54 Å². The molecule has 0 saturated heterocycles. The molecule has 0 aliphatic rings. The van der Waals surface area contributed by atoms with Crippen LogP contribution in [0.1, 0.15) is 5.56 Å². The molecule has 1 aromatic heterocycles. The van der Waals surface area contributed by atoms with E-state index >= 15 is 0 Å². The van der Waals surface area contributed by atoms with Crippen molar-refractivity contribution in [2.75, 3.05) is 5.32 Å². The monoisotopic (exact) mass is 310 g/mol. The molecule has 0 bridgehead atoms. The molecule has 1 N–H and O–H groups in total. The van der Waals surface area contributed by atoms with Gasteiger partial charge in [-0.25, -0.2) is 0 Å². The molecule has 2 rings (SSSR count). The predicted molar refractivity (Wildman–Crippen MR) is 71.3 cm³/mol. The Kier molecular flexibility index (Phi) is 3.61. The van der Waals surface area contributed by atoms with Crippen LogP contribution >= 0.6 is 15.9 Å². The van der Waals surface area contributed by atoms with Gasteiger partial charge in [-0.05, 0) is 11.6 Å². The van der Waals surface area contributed by atoms with Gasteiger partial charge in [0, 0.05) is 36.4 Å². The minimum Gasteiger partial charge on any atom is -0.378 e. The summed E-state index contributed by atoms with van der Waals surface area (Å²) < 4.78 is 2.38. The van der Waals surface area contributed by atoms with Crippen molar-refractivity contribution in [1.29, 1.82) is 0 Å². The van der Waals surface area contributed by atoms with Gasteiger partial charge in [0.2, 0.25) is 0 Å². The maximum atomic E-state index is 10.7. The zero-order valence-electron chi connectivity index (χ0n) is 9.63. The van der Waals surface area contributed by atoms with Gasteiger partial charge in [-0.1, -0.05) is 15.9 Å². The van der Waals surface area contributed by atoms with Gasteiger partial charge in [0.1, 0.15) is 0 Å². The molecular formula is C11H11BrN4O2. The van der Waals surface area contributed by atoms with Crippen LogP contribution in [0.15, 0.2) is 35.1 Å². The van der Waals surface area contributed by atoms with Crippen molar-refractivity contribution in [2.24, 2.45) is 7.05 Å². The van der Waals surface area contributed by atoms with E-state index in [1.165, 1.54) is 6.07 Å². The average molecular weight is 311 g/mol. The van der Waals surface area contributed by atoms with Gasteiger partial charge in [-0.2, -0.15) is 5.10 Å². The first-order valence-corrected chi connectivity index (χ1v) is 6.00. The van der Waals surface area contributed by atoms with Crippen LogP contribution in [0, 0.1) is 10.1 Å². The van der Waals surface area contributed by atoms with E-state index in [9.17, 15) is 10.1 Å². The zero-order chi connectivity index (χ0) is 13.1. The summed E-state index contributed by atoms with van der Waals surface area (Å²) in [6, 6.07) is 4.87. The average Bonchev–Trinajstić information content (AvgIpc) is 2.72. The third-order valence-corrected chi connectivity index (χ3v) is 2.81. The molecule has 2 aromatic rings. The first kappa shape index (κ1) is 12.6. The Labute approximate surface area is 112 Å². The van der Waals surface area contributed by atoms with E-state index in [-0.39, 0.29) is 5.69 Å². The summed E-state index contributed by atoms with van der Waals surface area (Å²) in [6.45, 7) is 0.506. The van der Waals surface area contributed by atoms with Gasteiger partial charge < -0.3 is 5.32 Å². The first-order valence-electron chi connectivity index (χ1n) is 5.21. The van der Waals surface area contributed by atoms with Crippen molar-refractivity contribution >= 4 is 27.3 Å². The quantitative estimate of drug-likeness (QED) is 0.696. The van der Waals surface area contributed by atoms with Crippen molar-refractivity contribution in [3.05, 3.63) is 50.7 Å². The van der Waals surface area contributed by atoms with Gasteiger partial charge in [0.15, 0.2) is 0 Å². The lowest BCUT2D eigenvalue weighted by Crippen LogP contribution is -1.99.